The molecule has 0 bridgehead atoms. The van der Waals surface area contributed by atoms with Gasteiger partial charge >= 0.3 is 17.2 Å². The first-order valence-corrected chi connectivity index (χ1v) is 7.80. The van der Waals surface area contributed by atoms with Gasteiger partial charge in [-0.05, 0) is 31.4 Å². The van der Waals surface area contributed by atoms with E-state index in [1.165, 1.54) is 4.57 Å². The van der Waals surface area contributed by atoms with Gasteiger partial charge in [-0.3, -0.25) is 9.59 Å². The summed E-state index contributed by atoms with van der Waals surface area (Å²) in [5.41, 5.74) is 0.0569. The van der Waals surface area contributed by atoms with Crippen LogP contribution in [0.25, 0.3) is 11.0 Å². The Morgan fingerprint density at radius 2 is 1.91 bits per heavy atom. The number of nitrogens with zero attached hydrogens (tertiary/aromatic N) is 2. The van der Waals surface area contributed by atoms with Crippen molar-refractivity contribution in [2.24, 2.45) is 0 Å². The molecule has 1 N–H and O–H groups in total. The summed E-state index contributed by atoms with van der Waals surface area (Å²) in [6.07, 6.45) is 2.21. The molecule has 1 aromatic heterocycles. The summed E-state index contributed by atoms with van der Waals surface area (Å²) < 4.78 is 6.64. The lowest BCUT2D eigenvalue weighted by Gasteiger charge is -2.15. The van der Waals surface area contributed by atoms with Gasteiger partial charge in [-0.25, -0.2) is 4.79 Å². The van der Waals surface area contributed by atoms with Crippen molar-refractivity contribution in [3.05, 3.63) is 45.0 Å². The highest BCUT2D eigenvalue weighted by Gasteiger charge is 2.18. The molecule has 122 valence electrons. The molecule has 0 radical (unpaired) electrons. The minimum Gasteiger partial charge on any atom is -0.449 e. The van der Waals surface area contributed by atoms with Crippen LogP contribution in [0, 0.1) is 0 Å². The van der Waals surface area contributed by atoms with Gasteiger partial charge in [0.05, 0.1) is 17.6 Å². The van der Waals surface area contributed by atoms with Crippen LogP contribution in [-0.2, 0) is 11.3 Å². The number of nitrogens with one attached hydrogen (secondary N) is 1. The zero-order valence-electron chi connectivity index (χ0n) is 12.8. The molecule has 2 aromatic rings. The van der Waals surface area contributed by atoms with E-state index in [9.17, 15) is 14.4 Å². The Balaban J connectivity index is 1.65. The Kier molecular flexibility index (Phi) is 4.45. The molecular weight excluding hydrogens is 298 g/mol. The monoisotopic (exact) mass is 317 g/mol. The molecule has 7 nitrogen and oxygen atoms in total. The zero-order chi connectivity index (χ0) is 16.2. The van der Waals surface area contributed by atoms with E-state index in [1.54, 1.807) is 23.1 Å². The van der Waals surface area contributed by atoms with E-state index in [-0.39, 0.29) is 12.7 Å². The molecule has 3 rings (SSSR count). The number of amides is 1. The first-order chi connectivity index (χ1) is 11.2. The third-order valence-corrected chi connectivity index (χ3v) is 4.00. The standard InChI is InChI=1S/C16H19N3O4/c20-14-15(21)19(13-7-2-1-6-12(13)17-14)10-5-11-23-16(22)18-8-3-4-9-18/h1-2,6-7H,3-5,8-11H2,(H,17,20). The van der Waals surface area contributed by atoms with Gasteiger partial charge in [-0.2, -0.15) is 0 Å². The molecule has 1 aliphatic rings. The number of aromatic amines is 1. The first-order valence-electron chi connectivity index (χ1n) is 7.80. The van der Waals surface area contributed by atoms with Crippen LogP contribution in [0.2, 0.25) is 0 Å². The number of carbonyl (C=O) groups is 1. The first kappa shape index (κ1) is 15.3. The predicted octanol–water partition coefficient (Wildman–Crippen LogP) is 1.31. The second-order valence-electron chi connectivity index (χ2n) is 5.59. The summed E-state index contributed by atoms with van der Waals surface area (Å²) in [4.78, 5) is 39.7. The van der Waals surface area contributed by atoms with Crippen LogP contribution < -0.4 is 11.1 Å². The number of likely N-dealkylation sites (tertiary alicyclic amines) is 1. The molecule has 0 saturated carbocycles. The summed E-state index contributed by atoms with van der Waals surface area (Å²) >= 11 is 0. The fourth-order valence-corrected chi connectivity index (χ4v) is 2.82. The molecule has 0 aliphatic carbocycles. The van der Waals surface area contributed by atoms with Crippen molar-refractivity contribution >= 4 is 17.1 Å². The highest BCUT2D eigenvalue weighted by atomic mass is 16.6. The van der Waals surface area contributed by atoms with Gasteiger partial charge in [0, 0.05) is 19.6 Å². The third kappa shape index (κ3) is 3.28. The molecule has 1 aliphatic heterocycles. The lowest BCUT2D eigenvalue weighted by Crippen LogP contribution is -2.36. The van der Waals surface area contributed by atoms with E-state index in [4.69, 9.17) is 4.74 Å². The maximum Gasteiger partial charge on any atom is 0.409 e. The summed E-state index contributed by atoms with van der Waals surface area (Å²) in [6.45, 7) is 2.05. The summed E-state index contributed by atoms with van der Waals surface area (Å²) in [6, 6.07) is 7.14. The number of hydrogen-bond acceptors (Lipinski definition) is 4. The topological polar surface area (TPSA) is 84.4 Å². The lowest BCUT2D eigenvalue weighted by atomic mass is 10.3. The predicted molar refractivity (Wildman–Crippen MR) is 85.6 cm³/mol. The molecule has 1 saturated heterocycles. The molecule has 23 heavy (non-hydrogen) atoms. The third-order valence-electron chi connectivity index (χ3n) is 4.00. The van der Waals surface area contributed by atoms with Crippen LogP contribution in [0.15, 0.2) is 33.9 Å². The van der Waals surface area contributed by atoms with Crippen molar-refractivity contribution < 1.29 is 9.53 Å². The molecule has 1 amide bonds. The van der Waals surface area contributed by atoms with Crippen LogP contribution in [0.4, 0.5) is 4.79 Å². The van der Waals surface area contributed by atoms with Crippen molar-refractivity contribution in [1.29, 1.82) is 0 Å². The number of fused-ring (bicyclic) bond motifs is 1. The fraction of sp³-hybridized carbons (Fsp3) is 0.438. The SMILES string of the molecule is O=C(OCCCn1c(=O)c(=O)[nH]c2ccccc21)N1CCCC1. The van der Waals surface area contributed by atoms with E-state index in [0.29, 0.717) is 24.0 Å². The lowest BCUT2D eigenvalue weighted by molar-refractivity contribution is 0.108. The van der Waals surface area contributed by atoms with Crippen molar-refractivity contribution in [3.63, 3.8) is 0 Å². The maximum atomic E-state index is 12.0. The number of rotatable bonds is 4. The van der Waals surface area contributed by atoms with Gasteiger partial charge in [0.2, 0.25) is 0 Å². The summed E-state index contributed by atoms with van der Waals surface area (Å²) in [5, 5.41) is 0. The van der Waals surface area contributed by atoms with E-state index < -0.39 is 11.1 Å². The molecule has 0 atom stereocenters. The van der Waals surface area contributed by atoms with Crippen LogP contribution in [0.5, 0.6) is 0 Å². The molecule has 2 heterocycles. The van der Waals surface area contributed by atoms with Crippen molar-refractivity contribution in [2.45, 2.75) is 25.8 Å². The van der Waals surface area contributed by atoms with E-state index in [1.807, 2.05) is 6.07 Å². The van der Waals surface area contributed by atoms with Crippen molar-refractivity contribution in [1.82, 2.24) is 14.5 Å². The number of hydrogen-bond donors (Lipinski definition) is 1. The second kappa shape index (κ2) is 6.68. The quantitative estimate of drug-likeness (QED) is 0.681. The largest absolute Gasteiger partial charge is 0.449 e. The molecule has 1 aromatic carbocycles. The van der Waals surface area contributed by atoms with Gasteiger partial charge in [0.25, 0.3) is 0 Å². The molecular formula is C16H19N3O4. The van der Waals surface area contributed by atoms with Crippen LogP contribution in [0.1, 0.15) is 19.3 Å². The van der Waals surface area contributed by atoms with E-state index in [0.717, 1.165) is 25.9 Å². The van der Waals surface area contributed by atoms with Crippen LogP contribution in [0.3, 0.4) is 0 Å². The van der Waals surface area contributed by atoms with E-state index >= 15 is 0 Å². The highest BCUT2D eigenvalue weighted by molar-refractivity contribution is 5.74. The minimum atomic E-state index is -0.641. The molecule has 0 unspecified atom stereocenters. The van der Waals surface area contributed by atoms with Crippen molar-refractivity contribution in [2.75, 3.05) is 19.7 Å². The molecule has 0 spiro atoms. The van der Waals surface area contributed by atoms with Gasteiger partial charge in [0.1, 0.15) is 0 Å². The number of ether oxygens (including phenoxy) is 1. The number of aryl methyl sites for hydroxylation is 1. The fourth-order valence-electron chi connectivity index (χ4n) is 2.82. The minimum absolute atomic E-state index is 0.225. The van der Waals surface area contributed by atoms with E-state index in [2.05, 4.69) is 4.98 Å². The smallest absolute Gasteiger partial charge is 0.409 e. The summed E-state index contributed by atoms with van der Waals surface area (Å²) in [5.74, 6) is 0. The Morgan fingerprint density at radius 1 is 1.17 bits per heavy atom. The number of H-pyrrole nitrogens is 1. The van der Waals surface area contributed by atoms with Gasteiger partial charge < -0.3 is 19.2 Å². The zero-order valence-corrected chi connectivity index (χ0v) is 12.8. The average molecular weight is 317 g/mol. The van der Waals surface area contributed by atoms with Gasteiger partial charge in [-0.1, -0.05) is 12.1 Å². The maximum absolute atomic E-state index is 12.0. The Morgan fingerprint density at radius 3 is 2.70 bits per heavy atom. The molecule has 7 heteroatoms. The number of aromatic nitrogens is 2. The normalized spacial score (nSPS) is 14.3. The Hall–Kier alpha value is -2.57. The highest BCUT2D eigenvalue weighted by Crippen LogP contribution is 2.10. The second-order valence-corrected chi connectivity index (χ2v) is 5.59. The van der Waals surface area contributed by atoms with Gasteiger partial charge in [-0.15, -0.1) is 0 Å². The summed E-state index contributed by atoms with van der Waals surface area (Å²) in [7, 11) is 0. The van der Waals surface area contributed by atoms with Crippen LogP contribution in [-0.4, -0.2) is 40.2 Å². The van der Waals surface area contributed by atoms with Crippen molar-refractivity contribution in [3.8, 4) is 0 Å². The molecule has 1 fully saturated rings. The Bertz CT molecular complexity index is 818. The average Bonchev–Trinajstić information content (AvgIpc) is 3.09. The van der Waals surface area contributed by atoms with Gasteiger partial charge in [0.15, 0.2) is 0 Å². The Labute approximate surface area is 132 Å². The number of benzene rings is 1. The van der Waals surface area contributed by atoms with Crippen LogP contribution >= 0.6 is 0 Å². The number of para-hydroxylation sites is 2. The number of carbonyl (C=O) groups excluding carboxylic acids is 1.